The number of hydrogen-bond acceptors (Lipinski definition) is 5. The van der Waals surface area contributed by atoms with E-state index in [2.05, 4.69) is 26.5 Å². The third kappa shape index (κ3) is 3.68. The maximum absolute atomic E-state index is 12.2. The van der Waals surface area contributed by atoms with Gasteiger partial charge in [-0.15, -0.1) is 0 Å². The molecule has 0 aliphatic carbocycles. The van der Waals surface area contributed by atoms with E-state index in [0.717, 1.165) is 4.47 Å². The Labute approximate surface area is 131 Å². The van der Waals surface area contributed by atoms with Crippen molar-refractivity contribution in [2.24, 2.45) is 5.10 Å². The van der Waals surface area contributed by atoms with Crippen LogP contribution in [0.3, 0.4) is 0 Å². The number of rotatable bonds is 3. The highest BCUT2D eigenvalue weighted by Gasteiger charge is 2.22. The number of hydrogen-bond donors (Lipinski definition) is 1. The molecule has 0 aromatic heterocycles. The zero-order chi connectivity index (χ0) is 15.3. The van der Waals surface area contributed by atoms with E-state index in [-0.39, 0.29) is 4.90 Å². The Bertz CT molecular complexity index is 794. The zero-order valence-electron chi connectivity index (χ0n) is 10.7. The molecule has 0 aliphatic heterocycles. The zero-order valence-corrected chi connectivity index (χ0v) is 13.1. The molecule has 0 unspecified atom stereocenters. The Kier molecular flexibility index (Phi) is 4.73. The molecule has 0 spiro atoms. The minimum absolute atomic E-state index is 0.0305. The standard InChI is InChI=1S/C14H10BrN3O2S/c15-11-6-8-12(9-7-11)17-18-14(10-16)21(19,20)13-4-2-1-3-5-13/h1-9,17H/b18-14-. The van der Waals surface area contributed by atoms with Gasteiger partial charge in [0.15, 0.2) is 0 Å². The van der Waals surface area contributed by atoms with Crippen LogP contribution in [0.5, 0.6) is 0 Å². The monoisotopic (exact) mass is 363 g/mol. The van der Waals surface area contributed by atoms with E-state index in [4.69, 9.17) is 5.26 Å². The molecule has 2 rings (SSSR count). The summed E-state index contributed by atoms with van der Waals surface area (Å²) >= 11 is 3.29. The van der Waals surface area contributed by atoms with E-state index in [1.165, 1.54) is 12.1 Å². The highest BCUT2D eigenvalue weighted by molar-refractivity contribution is 9.10. The summed E-state index contributed by atoms with van der Waals surface area (Å²) in [5, 5.41) is 12.1. The van der Waals surface area contributed by atoms with Crippen molar-refractivity contribution in [2.75, 3.05) is 5.43 Å². The molecular formula is C14H10BrN3O2S. The van der Waals surface area contributed by atoms with Crippen molar-refractivity contribution in [3.63, 3.8) is 0 Å². The summed E-state index contributed by atoms with van der Waals surface area (Å²) in [6.45, 7) is 0. The fourth-order valence-electron chi connectivity index (χ4n) is 1.50. The molecule has 0 amide bonds. The molecule has 5 nitrogen and oxygen atoms in total. The highest BCUT2D eigenvalue weighted by Crippen LogP contribution is 2.15. The number of halogens is 1. The maximum atomic E-state index is 12.2. The van der Waals surface area contributed by atoms with Gasteiger partial charge in [0.05, 0.1) is 10.6 Å². The lowest BCUT2D eigenvalue weighted by atomic mass is 10.3. The van der Waals surface area contributed by atoms with Crippen molar-refractivity contribution in [1.29, 1.82) is 5.26 Å². The number of sulfone groups is 1. The van der Waals surface area contributed by atoms with Gasteiger partial charge in [0.25, 0.3) is 5.04 Å². The average Bonchev–Trinajstić information content (AvgIpc) is 2.50. The second kappa shape index (κ2) is 6.52. The number of benzene rings is 2. The average molecular weight is 364 g/mol. The molecule has 2 aromatic rings. The van der Waals surface area contributed by atoms with Crippen molar-refractivity contribution >= 4 is 36.5 Å². The summed E-state index contributed by atoms with van der Waals surface area (Å²) in [5.41, 5.74) is 3.14. The summed E-state index contributed by atoms with van der Waals surface area (Å²) in [6.07, 6.45) is 0. The van der Waals surface area contributed by atoms with Crippen LogP contribution in [0.1, 0.15) is 0 Å². The van der Waals surface area contributed by atoms with Gasteiger partial charge in [-0.1, -0.05) is 34.1 Å². The lowest BCUT2D eigenvalue weighted by Gasteiger charge is -2.03. The van der Waals surface area contributed by atoms with Crippen LogP contribution in [0.15, 0.2) is 69.1 Å². The summed E-state index contributed by atoms with van der Waals surface area (Å²) < 4.78 is 25.4. The maximum Gasteiger partial charge on any atom is 0.256 e. The SMILES string of the molecule is N#C/C(=N/Nc1ccc(Br)cc1)S(=O)(=O)c1ccccc1. The number of nitrogens with one attached hydrogen (secondary N) is 1. The molecule has 0 aliphatic rings. The number of anilines is 1. The van der Waals surface area contributed by atoms with E-state index in [1.54, 1.807) is 48.5 Å². The van der Waals surface area contributed by atoms with Crippen LogP contribution < -0.4 is 5.43 Å². The second-order valence-electron chi connectivity index (χ2n) is 3.96. The van der Waals surface area contributed by atoms with Crippen LogP contribution in [0, 0.1) is 11.3 Å². The first-order valence-electron chi connectivity index (χ1n) is 5.83. The van der Waals surface area contributed by atoms with Gasteiger partial charge in [-0.3, -0.25) is 5.43 Å². The number of hydrazone groups is 1. The molecule has 21 heavy (non-hydrogen) atoms. The normalized spacial score (nSPS) is 11.7. The van der Waals surface area contributed by atoms with Gasteiger partial charge < -0.3 is 0 Å². The third-order valence-electron chi connectivity index (χ3n) is 2.53. The minimum Gasteiger partial charge on any atom is -0.277 e. The molecule has 0 fully saturated rings. The van der Waals surface area contributed by atoms with Crippen LogP contribution >= 0.6 is 15.9 Å². The molecule has 0 atom stereocenters. The molecule has 2 aromatic carbocycles. The smallest absolute Gasteiger partial charge is 0.256 e. The summed E-state index contributed by atoms with van der Waals surface area (Å²) in [5.74, 6) is 0. The van der Waals surface area contributed by atoms with Gasteiger partial charge in [-0.2, -0.15) is 10.4 Å². The molecule has 7 heteroatoms. The largest absolute Gasteiger partial charge is 0.277 e. The minimum atomic E-state index is -3.91. The molecule has 1 N–H and O–H groups in total. The first-order valence-corrected chi connectivity index (χ1v) is 8.11. The summed E-state index contributed by atoms with van der Waals surface area (Å²) in [6, 6.07) is 16.3. The topological polar surface area (TPSA) is 82.3 Å². The summed E-state index contributed by atoms with van der Waals surface area (Å²) in [7, 11) is -3.91. The Balaban J connectivity index is 2.29. The van der Waals surface area contributed by atoms with Crippen molar-refractivity contribution in [2.45, 2.75) is 4.90 Å². The third-order valence-corrected chi connectivity index (χ3v) is 4.65. The molecule has 0 bridgehead atoms. The Morgan fingerprint density at radius 2 is 1.71 bits per heavy atom. The van der Waals surface area contributed by atoms with Gasteiger partial charge in [-0.25, -0.2) is 8.42 Å². The van der Waals surface area contributed by atoms with Crippen molar-refractivity contribution in [1.82, 2.24) is 0 Å². The van der Waals surface area contributed by atoms with Gasteiger partial charge >= 0.3 is 0 Å². The van der Waals surface area contributed by atoms with Crippen LogP contribution in [-0.4, -0.2) is 13.5 Å². The van der Waals surface area contributed by atoms with Crippen molar-refractivity contribution in [3.8, 4) is 6.07 Å². The molecule has 0 saturated carbocycles. The lowest BCUT2D eigenvalue weighted by Crippen LogP contribution is -2.15. The number of nitrogens with zero attached hydrogens (tertiary/aromatic N) is 2. The van der Waals surface area contributed by atoms with E-state index < -0.39 is 14.9 Å². The van der Waals surface area contributed by atoms with Crippen molar-refractivity contribution in [3.05, 3.63) is 59.1 Å². The quantitative estimate of drug-likeness (QED) is 0.515. The highest BCUT2D eigenvalue weighted by atomic mass is 79.9. The van der Waals surface area contributed by atoms with E-state index in [1.807, 2.05) is 0 Å². The lowest BCUT2D eigenvalue weighted by molar-refractivity contribution is 0.607. The van der Waals surface area contributed by atoms with Gasteiger partial charge in [0, 0.05) is 4.47 Å². The van der Waals surface area contributed by atoms with Crippen LogP contribution in [-0.2, 0) is 9.84 Å². The Morgan fingerprint density at radius 3 is 2.29 bits per heavy atom. The van der Waals surface area contributed by atoms with Crippen molar-refractivity contribution < 1.29 is 8.42 Å². The fraction of sp³-hybridized carbons (Fsp3) is 0. The Morgan fingerprint density at radius 1 is 1.10 bits per heavy atom. The molecule has 106 valence electrons. The molecule has 0 radical (unpaired) electrons. The predicted molar refractivity (Wildman–Crippen MR) is 84.4 cm³/mol. The second-order valence-corrected chi connectivity index (χ2v) is 6.74. The van der Waals surface area contributed by atoms with Crippen LogP contribution in [0.4, 0.5) is 5.69 Å². The van der Waals surface area contributed by atoms with E-state index in [9.17, 15) is 8.42 Å². The number of nitriles is 1. The molecule has 0 heterocycles. The fourth-order valence-corrected chi connectivity index (χ4v) is 2.79. The van der Waals surface area contributed by atoms with Crippen LogP contribution in [0.25, 0.3) is 0 Å². The first kappa shape index (κ1) is 15.2. The van der Waals surface area contributed by atoms with E-state index >= 15 is 0 Å². The molecule has 0 saturated heterocycles. The molecular weight excluding hydrogens is 354 g/mol. The van der Waals surface area contributed by atoms with E-state index in [0.29, 0.717) is 5.69 Å². The Hall–Kier alpha value is -2.17. The van der Waals surface area contributed by atoms with Gasteiger partial charge in [-0.05, 0) is 36.4 Å². The van der Waals surface area contributed by atoms with Gasteiger partial charge in [0.2, 0.25) is 9.84 Å². The van der Waals surface area contributed by atoms with Gasteiger partial charge in [0.1, 0.15) is 6.07 Å². The first-order chi connectivity index (χ1) is 10.0. The van der Waals surface area contributed by atoms with Crippen LogP contribution in [0.2, 0.25) is 0 Å². The predicted octanol–water partition coefficient (Wildman–Crippen LogP) is 3.17. The summed E-state index contributed by atoms with van der Waals surface area (Å²) in [4.78, 5) is 0.0305.